The summed E-state index contributed by atoms with van der Waals surface area (Å²) < 4.78 is 12.5. The molecule has 0 saturated heterocycles. The van der Waals surface area contributed by atoms with Crippen LogP contribution in [0, 0.1) is 5.82 Å². The van der Waals surface area contributed by atoms with Gasteiger partial charge in [0.1, 0.15) is 5.82 Å². The molecule has 8 heteroatoms. The Hall–Kier alpha value is -1.58. The smallest absolute Gasteiger partial charge is 0.338 e. The van der Waals surface area contributed by atoms with Crippen molar-refractivity contribution >= 4 is 5.97 Å². The van der Waals surface area contributed by atoms with E-state index in [0.717, 1.165) is 6.07 Å². The van der Waals surface area contributed by atoms with Crippen LogP contribution in [0.2, 0.25) is 0 Å². The molecule has 0 heterocycles. The highest BCUT2D eigenvalue weighted by molar-refractivity contribution is 5.87. The van der Waals surface area contributed by atoms with Gasteiger partial charge in [0.15, 0.2) is 0 Å². The second-order valence-electron chi connectivity index (χ2n) is 3.01. The molecule has 1 aromatic carbocycles. The third-order valence-corrected chi connectivity index (χ3v) is 1.61. The summed E-state index contributed by atoms with van der Waals surface area (Å²) in [6.07, 6.45) is 0. The number of rotatable bonds is 7. The van der Waals surface area contributed by atoms with Gasteiger partial charge in [-0.3, -0.25) is 9.68 Å². The number of carbonyl (C=O) groups is 1. The molecule has 0 fully saturated rings. The second kappa shape index (κ2) is 11.5. The summed E-state index contributed by atoms with van der Waals surface area (Å²) in [7, 11) is 0. The zero-order chi connectivity index (χ0) is 14.5. The average molecular weight is 277 g/mol. The Kier molecular flexibility index (Phi) is 10.6. The molecule has 0 saturated carbocycles. The first kappa shape index (κ1) is 17.4. The van der Waals surface area contributed by atoms with E-state index in [4.69, 9.17) is 15.3 Å². The van der Waals surface area contributed by atoms with Crippen molar-refractivity contribution in [1.82, 2.24) is 5.64 Å². The number of hydrogen-bond acceptors (Lipinski definition) is 6. The number of aliphatic hydroxyl groups is 2. The van der Waals surface area contributed by atoms with Crippen LogP contribution in [-0.4, -0.2) is 47.7 Å². The maximum absolute atomic E-state index is 12.5. The molecule has 108 valence electrons. The van der Waals surface area contributed by atoms with E-state index in [0.29, 0.717) is 0 Å². The predicted octanol–water partition coefficient (Wildman–Crippen LogP) is -0.0523. The second-order valence-corrected chi connectivity index (χ2v) is 3.01. The number of aromatic carboxylic acids is 1. The molecular weight excluding hydrogens is 261 g/mol. The summed E-state index contributed by atoms with van der Waals surface area (Å²) in [5.74, 6) is -1.94. The van der Waals surface area contributed by atoms with E-state index >= 15 is 0 Å². The van der Waals surface area contributed by atoms with Crippen LogP contribution in [0.1, 0.15) is 10.4 Å². The molecule has 0 unspecified atom stereocenters. The first-order valence-corrected chi connectivity index (χ1v) is 5.31. The standard InChI is InChI=1S/C7H5FO2.C4H11NO4/c8-6-4-2-1-3-5(6)7(9)10;6-1-3-8-5-9-4-2-7/h1-4H,(H,9,10);5-7H,1-4H2. The summed E-state index contributed by atoms with van der Waals surface area (Å²) >= 11 is 0. The summed E-state index contributed by atoms with van der Waals surface area (Å²) in [6.45, 7) is 0.224. The maximum atomic E-state index is 12.5. The van der Waals surface area contributed by atoms with E-state index in [2.05, 4.69) is 15.3 Å². The minimum atomic E-state index is -1.24. The van der Waals surface area contributed by atoms with E-state index in [9.17, 15) is 9.18 Å². The number of carboxylic acids is 1. The van der Waals surface area contributed by atoms with Crippen LogP contribution in [0.3, 0.4) is 0 Å². The van der Waals surface area contributed by atoms with E-state index in [1.807, 2.05) is 0 Å². The van der Waals surface area contributed by atoms with Crippen LogP contribution in [0.5, 0.6) is 0 Å². The molecule has 1 aromatic rings. The highest BCUT2D eigenvalue weighted by Gasteiger charge is 2.06. The third kappa shape index (κ3) is 9.05. The van der Waals surface area contributed by atoms with Crippen LogP contribution < -0.4 is 5.64 Å². The van der Waals surface area contributed by atoms with Gasteiger partial charge in [-0.05, 0) is 12.1 Å². The van der Waals surface area contributed by atoms with Gasteiger partial charge in [-0.25, -0.2) is 9.18 Å². The monoisotopic (exact) mass is 277 g/mol. The molecule has 0 spiro atoms. The molecule has 0 aliphatic heterocycles. The molecule has 7 nitrogen and oxygen atoms in total. The minimum absolute atomic E-state index is 0.0600. The third-order valence-electron chi connectivity index (χ3n) is 1.61. The minimum Gasteiger partial charge on any atom is -0.478 e. The highest BCUT2D eigenvalue weighted by Crippen LogP contribution is 2.04. The van der Waals surface area contributed by atoms with Gasteiger partial charge < -0.3 is 15.3 Å². The molecule has 0 amide bonds. The van der Waals surface area contributed by atoms with E-state index in [1.54, 1.807) is 0 Å². The quantitative estimate of drug-likeness (QED) is 0.408. The highest BCUT2D eigenvalue weighted by atomic mass is 19.1. The summed E-state index contributed by atoms with van der Waals surface area (Å²) in [4.78, 5) is 19.1. The molecule has 0 bridgehead atoms. The van der Waals surface area contributed by atoms with Crippen molar-refractivity contribution in [2.45, 2.75) is 0 Å². The van der Waals surface area contributed by atoms with Gasteiger partial charge in [0.05, 0.1) is 32.0 Å². The predicted molar refractivity (Wildman–Crippen MR) is 62.6 cm³/mol. The van der Waals surface area contributed by atoms with Crippen molar-refractivity contribution in [2.24, 2.45) is 0 Å². The van der Waals surface area contributed by atoms with Crippen LogP contribution >= 0.6 is 0 Å². The van der Waals surface area contributed by atoms with Gasteiger partial charge in [-0.2, -0.15) is 0 Å². The number of nitrogens with one attached hydrogen (secondary N) is 1. The molecule has 0 radical (unpaired) electrons. The number of hydrogen-bond donors (Lipinski definition) is 4. The molecule has 19 heavy (non-hydrogen) atoms. The molecular formula is C11H16FNO6. The van der Waals surface area contributed by atoms with Crippen molar-refractivity contribution in [2.75, 3.05) is 26.4 Å². The van der Waals surface area contributed by atoms with Crippen LogP contribution in [0.15, 0.2) is 24.3 Å². The molecule has 0 atom stereocenters. The Bertz CT molecular complexity index is 357. The molecule has 4 N–H and O–H groups in total. The molecule has 0 aromatic heterocycles. The lowest BCUT2D eigenvalue weighted by molar-refractivity contribution is -0.178. The Morgan fingerprint density at radius 1 is 1.16 bits per heavy atom. The fourth-order valence-corrected chi connectivity index (χ4v) is 0.851. The first-order valence-electron chi connectivity index (χ1n) is 5.31. The lowest BCUT2D eigenvalue weighted by atomic mass is 10.2. The summed E-state index contributed by atoms with van der Waals surface area (Å²) in [5, 5.41) is 24.6. The largest absolute Gasteiger partial charge is 0.478 e. The number of carboxylic acid groups (broad SMARTS) is 1. The number of benzene rings is 1. The Balaban J connectivity index is 0.000000344. The summed E-state index contributed by atoms with van der Waals surface area (Å²) in [5.41, 5.74) is 1.78. The normalized spacial score (nSPS) is 9.63. The van der Waals surface area contributed by atoms with Gasteiger partial charge in [0.2, 0.25) is 0 Å². The SMILES string of the molecule is O=C(O)c1ccccc1F.OCCONOCCO. The average Bonchev–Trinajstić information content (AvgIpc) is 2.40. The fraction of sp³-hybridized carbons (Fsp3) is 0.364. The Morgan fingerprint density at radius 2 is 1.68 bits per heavy atom. The number of aliphatic hydroxyl groups excluding tert-OH is 2. The lowest BCUT2D eigenvalue weighted by Crippen LogP contribution is -2.19. The van der Waals surface area contributed by atoms with Crippen LogP contribution in [0.25, 0.3) is 0 Å². The van der Waals surface area contributed by atoms with Crippen molar-refractivity contribution in [3.8, 4) is 0 Å². The first-order chi connectivity index (χ1) is 9.13. The fourth-order valence-electron chi connectivity index (χ4n) is 0.851. The van der Waals surface area contributed by atoms with Gasteiger partial charge in [-0.1, -0.05) is 17.8 Å². The van der Waals surface area contributed by atoms with Gasteiger partial charge in [0.25, 0.3) is 0 Å². The zero-order valence-corrected chi connectivity index (χ0v) is 10.1. The van der Waals surface area contributed by atoms with Crippen LogP contribution in [-0.2, 0) is 9.68 Å². The van der Waals surface area contributed by atoms with E-state index in [1.165, 1.54) is 18.2 Å². The van der Waals surface area contributed by atoms with E-state index in [-0.39, 0.29) is 32.0 Å². The van der Waals surface area contributed by atoms with Gasteiger partial charge >= 0.3 is 5.97 Å². The number of halogens is 1. The van der Waals surface area contributed by atoms with Crippen molar-refractivity contribution in [3.63, 3.8) is 0 Å². The van der Waals surface area contributed by atoms with Gasteiger partial charge in [-0.15, -0.1) is 0 Å². The van der Waals surface area contributed by atoms with Crippen LogP contribution in [0.4, 0.5) is 4.39 Å². The summed E-state index contributed by atoms with van der Waals surface area (Å²) in [6, 6.07) is 5.26. The van der Waals surface area contributed by atoms with Crippen molar-refractivity contribution < 1.29 is 34.2 Å². The zero-order valence-electron chi connectivity index (χ0n) is 10.1. The van der Waals surface area contributed by atoms with Crippen molar-refractivity contribution in [3.05, 3.63) is 35.6 Å². The molecule has 0 aliphatic rings. The Labute approximate surface area is 109 Å². The van der Waals surface area contributed by atoms with E-state index < -0.39 is 11.8 Å². The molecule has 0 aliphatic carbocycles. The Morgan fingerprint density at radius 3 is 2.05 bits per heavy atom. The van der Waals surface area contributed by atoms with Crippen molar-refractivity contribution in [1.29, 1.82) is 0 Å². The lowest BCUT2D eigenvalue weighted by Gasteiger charge is -2.01. The maximum Gasteiger partial charge on any atom is 0.338 e. The molecule has 1 rings (SSSR count). The topological polar surface area (TPSA) is 108 Å². The van der Waals surface area contributed by atoms with Gasteiger partial charge in [0, 0.05) is 0 Å².